The average Bonchev–Trinajstić information content (AvgIpc) is 3.14. The predicted molar refractivity (Wildman–Crippen MR) is 107 cm³/mol. The molecule has 0 aliphatic carbocycles. The maximum atomic E-state index is 8.60. The van der Waals surface area contributed by atoms with Gasteiger partial charge in [0.15, 0.2) is 0 Å². The molecule has 0 radical (unpaired) electrons. The van der Waals surface area contributed by atoms with E-state index in [1.807, 2.05) is 27.7 Å². The van der Waals surface area contributed by atoms with Crippen molar-refractivity contribution in [3.05, 3.63) is 54.5 Å². The van der Waals surface area contributed by atoms with E-state index in [2.05, 4.69) is 0 Å². The maximum Gasteiger partial charge on any atom is 0.495 e. The number of benzene rings is 3. The molecule has 130 valence electrons. The van der Waals surface area contributed by atoms with E-state index in [1.54, 1.807) is 12.1 Å². The van der Waals surface area contributed by atoms with Crippen LogP contribution in [-0.2, 0) is 9.31 Å². The maximum absolute atomic E-state index is 8.60. The Labute approximate surface area is 160 Å². The fraction of sp³-hybridized carbons (Fsp3) is 0.273. The van der Waals surface area contributed by atoms with E-state index in [9.17, 15) is 0 Å². The first-order valence-electron chi connectivity index (χ1n) is 11.1. The average molecular weight is 349 g/mol. The van der Waals surface area contributed by atoms with Crippen LogP contribution in [0.25, 0.3) is 32.7 Å². The van der Waals surface area contributed by atoms with Crippen molar-refractivity contribution in [1.29, 1.82) is 0 Å². The summed E-state index contributed by atoms with van der Waals surface area (Å²) in [7, 11) is -0.837. The molecule has 0 amide bonds. The number of rotatable bonds is 1. The summed E-state index contributed by atoms with van der Waals surface area (Å²) < 4.78 is 59.6. The molecule has 4 aromatic rings. The van der Waals surface area contributed by atoms with Crippen LogP contribution in [0.5, 0.6) is 0 Å². The zero-order chi connectivity index (χ0) is 22.5. The molecule has 0 unspecified atom stereocenters. The van der Waals surface area contributed by atoms with Gasteiger partial charge < -0.3 is 13.7 Å². The van der Waals surface area contributed by atoms with Gasteiger partial charge >= 0.3 is 7.12 Å². The first-order valence-corrected chi connectivity index (χ1v) is 8.64. The molecule has 0 N–H and O–H groups in total. The molecule has 1 aromatic heterocycles. The van der Waals surface area contributed by atoms with E-state index in [-0.39, 0.29) is 30.2 Å². The van der Waals surface area contributed by atoms with Gasteiger partial charge in [0.05, 0.1) is 18.1 Å². The van der Waals surface area contributed by atoms with Gasteiger partial charge in [-0.1, -0.05) is 42.3 Å². The number of furan rings is 1. The van der Waals surface area contributed by atoms with Crippen LogP contribution in [-0.4, -0.2) is 18.3 Å². The van der Waals surface area contributed by atoms with Gasteiger partial charge in [-0.15, -0.1) is 0 Å². The molecule has 0 spiro atoms. The topological polar surface area (TPSA) is 31.6 Å². The van der Waals surface area contributed by atoms with Crippen molar-refractivity contribution in [2.75, 3.05) is 0 Å². The Balaban J connectivity index is 1.88. The van der Waals surface area contributed by atoms with Crippen molar-refractivity contribution < 1.29 is 20.6 Å². The monoisotopic (exact) mass is 349 g/mol. The van der Waals surface area contributed by atoms with Gasteiger partial charge in [0.2, 0.25) is 0 Å². The SMILES string of the molecule is [2H]c1cc2c(ccc3c2oc2cc([2H])c([2H])c(B4OC(C)(C)C(C)(C)O4)c23)c([2H])c1[2H]. The van der Waals surface area contributed by atoms with Crippen molar-refractivity contribution in [3.8, 4) is 0 Å². The van der Waals surface area contributed by atoms with Gasteiger partial charge in [-0.25, -0.2) is 0 Å². The summed E-state index contributed by atoms with van der Waals surface area (Å²) in [5, 5.41) is 2.39. The molecule has 2 heterocycles. The molecular formula is C22H21BO3. The molecule has 0 saturated carbocycles. The molecule has 5 rings (SSSR count). The van der Waals surface area contributed by atoms with Crippen LogP contribution in [0.1, 0.15) is 34.5 Å². The summed E-state index contributed by atoms with van der Waals surface area (Å²) in [5.41, 5.74) is 0.101. The van der Waals surface area contributed by atoms with Crippen LogP contribution >= 0.6 is 0 Å². The number of hydrogen-bond acceptors (Lipinski definition) is 3. The summed E-state index contributed by atoms with van der Waals surface area (Å²) in [6.45, 7) is 7.74. The summed E-state index contributed by atoms with van der Waals surface area (Å²) in [4.78, 5) is 0. The lowest BCUT2D eigenvalue weighted by atomic mass is 9.76. The van der Waals surface area contributed by atoms with E-state index >= 15 is 0 Å². The fourth-order valence-electron chi connectivity index (χ4n) is 3.42. The summed E-state index contributed by atoms with van der Waals surface area (Å²) in [5.74, 6) is 0. The van der Waals surface area contributed by atoms with Crippen LogP contribution in [0, 0.1) is 0 Å². The molecule has 0 atom stereocenters. The Bertz CT molecular complexity index is 1390. The molecule has 0 bridgehead atoms. The van der Waals surface area contributed by atoms with E-state index in [0.717, 1.165) is 0 Å². The van der Waals surface area contributed by atoms with Gasteiger partial charge in [-0.05, 0) is 50.7 Å². The molecule has 3 aromatic carbocycles. The first kappa shape index (κ1) is 11.4. The second kappa shape index (κ2) is 5.12. The summed E-state index contributed by atoms with van der Waals surface area (Å²) >= 11 is 0. The van der Waals surface area contributed by atoms with Crippen molar-refractivity contribution in [3.63, 3.8) is 0 Å². The molecule has 4 heteroatoms. The highest BCUT2D eigenvalue weighted by atomic mass is 16.7. The minimum absolute atomic E-state index is 0.00335. The van der Waals surface area contributed by atoms with Crippen molar-refractivity contribution in [2.45, 2.75) is 38.9 Å². The Hall–Kier alpha value is -2.30. The van der Waals surface area contributed by atoms with Gasteiger partial charge in [-0.3, -0.25) is 0 Å². The Morgan fingerprint density at radius 3 is 2.38 bits per heavy atom. The lowest BCUT2D eigenvalue weighted by Crippen LogP contribution is -2.41. The summed E-state index contributed by atoms with van der Waals surface area (Å²) in [6.07, 6.45) is 0. The fourth-order valence-corrected chi connectivity index (χ4v) is 3.42. The minimum Gasteiger partial charge on any atom is -0.455 e. The lowest BCUT2D eigenvalue weighted by molar-refractivity contribution is 0.00578. The first-order chi connectivity index (χ1) is 14.4. The third-order valence-corrected chi connectivity index (χ3v) is 5.58. The standard InChI is InChI=1S/C22H21BO3/c1-21(2)22(3,4)26-23(25-21)17-10-7-11-18-19(17)16-13-12-14-8-5-6-9-15(14)20(16)24-18/h5-13H,1-4H3/i5D,6D,7D,8D,10D. The summed E-state index contributed by atoms with van der Waals surface area (Å²) in [6, 6.07) is 6.34. The number of fused-ring (bicyclic) bond motifs is 5. The Morgan fingerprint density at radius 1 is 0.846 bits per heavy atom. The zero-order valence-electron chi connectivity index (χ0n) is 20.1. The highest BCUT2D eigenvalue weighted by molar-refractivity contribution is 6.66. The molecule has 1 saturated heterocycles. The van der Waals surface area contributed by atoms with Crippen LogP contribution < -0.4 is 5.46 Å². The van der Waals surface area contributed by atoms with Gasteiger partial charge in [0, 0.05) is 16.2 Å². The lowest BCUT2D eigenvalue weighted by Gasteiger charge is -2.32. The predicted octanol–water partition coefficient (Wildman–Crippen LogP) is 5.04. The molecule has 1 aliphatic rings. The number of hydrogen-bond donors (Lipinski definition) is 0. The minimum atomic E-state index is -0.837. The van der Waals surface area contributed by atoms with E-state index < -0.39 is 18.3 Å². The van der Waals surface area contributed by atoms with Gasteiger partial charge in [0.25, 0.3) is 0 Å². The smallest absolute Gasteiger partial charge is 0.455 e. The third-order valence-electron chi connectivity index (χ3n) is 5.58. The van der Waals surface area contributed by atoms with Crippen LogP contribution in [0.3, 0.4) is 0 Å². The molecule has 3 nitrogen and oxygen atoms in total. The van der Waals surface area contributed by atoms with Crippen LogP contribution in [0.2, 0.25) is 0 Å². The Morgan fingerprint density at radius 2 is 1.62 bits per heavy atom. The normalized spacial score (nSPS) is 21.7. The molecule has 1 fully saturated rings. The second-order valence-corrected chi connectivity index (χ2v) is 7.70. The zero-order valence-corrected chi connectivity index (χ0v) is 15.1. The highest BCUT2D eigenvalue weighted by Gasteiger charge is 2.52. The quantitative estimate of drug-likeness (QED) is 0.451. The van der Waals surface area contributed by atoms with E-state index in [4.69, 9.17) is 20.6 Å². The van der Waals surface area contributed by atoms with Crippen LogP contribution in [0.15, 0.2) is 58.9 Å². The van der Waals surface area contributed by atoms with E-state index in [1.165, 1.54) is 12.1 Å². The van der Waals surface area contributed by atoms with Gasteiger partial charge in [0.1, 0.15) is 11.2 Å². The molecule has 1 aliphatic heterocycles. The third kappa shape index (κ3) is 2.09. The van der Waals surface area contributed by atoms with Crippen molar-refractivity contribution in [2.24, 2.45) is 0 Å². The van der Waals surface area contributed by atoms with E-state index in [0.29, 0.717) is 38.2 Å². The second-order valence-electron chi connectivity index (χ2n) is 7.70. The van der Waals surface area contributed by atoms with Crippen molar-refractivity contribution >= 4 is 45.3 Å². The Kier molecular flexibility index (Phi) is 2.25. The molecular weight excluding hydrogens is 323 g/mol. The largest absolute Gasteiger partial charge is 0.495 e. The van der Waals surface area contributed by atoms with Crippen LogP contribution in [0.4, 0.5) is 0 Å². The highest BCUT2D eigenvalue weighted by Crippen LogP contribution is 2.38. The van der Waals surface area contributed by atoms with Crippen molar-refractivity contribution in [1.82, 2.24) is 0 Å². The van der Waals surface area contributed by atoms with Gasteiger partial charge in [-0.2, -0.15) is 0 Å². The molecule has 26 heavy (non-hydrogen) atoms.